The molecule has 0 spiro atoms. The van der Waals surface area contributed by atoms with Crippen molar-refractivity contribution in [2.45, 2.75) is 11.7 Å². The zero-order valence-corrected chi connectivity index (χ0v) is 5.08. The lowest BCUT2D eigenvalue weighted by molar-refractivity contribution is -0.157. The number of rotatable bonds is 1. The van der Waals surface area contributed by atoms with E-state index in [2.05, 4.69) is 0 Å². The Labute approximate surface area is 53.4 Å². The van der Waals surface area contributed by atoms with Gasteiger partial charge in [-0.15, -0.1) is 0 Å². The van der Waals surface area contributed by atoms with Crippen molar-refractivity contribution in [3.8, 4) is 0 Å². The van der Waals surface area contributed by atoms with Crippen LogP contribution in [0.15, 0.2) is 0 Å². The molecule has 1 atom stereocenters. The van der Waals surface area contributed by atoms with Gasteiger partial charge in [0.15, 0.2) is 0 Å². The lowest BCUT2D eigenvalue weighted by Crippen LogP contribution is -2.31. The number of halogens is 4. The van der Waals surface area contributed by atoms with Gasteiger partial charge in [-0.05, 0) is 0 Å². The van der Waals surface area contributed by atoms with Crippen molar-refractivity contribution in [1.29, 1.82) is 0 Å². The Morgan fingerprint density at radius 3 is 1.60 bits per heavy atom. The smallest absolute Gasteiger partial charge is 0.283 e. The molecule has 0 rings (SSSR count). The minimum atomic E-state index is -5.65. The Kier molecular flexibility index (Phi) is 2.26. The van der Waals surface area contributed by atoms with Crippen LogP contribution in [0.1, 0.15) is 0 Å². The SMILES string of the molecule is O=S(=O)(O)C(F)C(F)(F)F. The van der Waals surface area contributed by atoms with Gasteiger partial charge in [0.05, 0.1) is 0 Å². The van der Waals surface area contributed by atoms with Gasteiger partial charge in [0, 0.05) is 0 Å². The maximum atomic E-state index is 11.5. The van der Waals surface area contributed by atoms with E-state index >= 15 is 0 Å². The number of alkyl halides is 4. The van der Waals surface area contributed by atoms with E-state index in [0.29, 0.717) is 0 Å². The third kappa shape index (κ3) is 2.48. The molecule has 0 saturated heterocycles. The molecule has 0 heterocycles. The van der Waals surface area contributed by atoms with Crippen LogP contribution in [0, 0.1) is 0 Å². The maximum Gasteiger partial charge on any atom is 0.436 e. The van der Waals surface area contributed by atoms with E-state index in [4.69, 9.17) is 4.55 Å². The quantitative estimate of drug-likeness (QED) is 0.480. The van der Waals surface area contributed by atoms with Crippen molar-refractivity contribution in [1.82, 2.24) is 0 Å². The summed E-state index contributed by atoms with van der Waals surface area (Å²) in [6.45, 7) is 0. The van der Waals surface area contributed by atoms with Crippen LogP contribution in [-0.4, -0.2) is 24.7 Å². The fourth-order valence-electron chi connectivity index (χ4n) is 0.169. The van der Waals surface area contributed by atoms with E-state index in [9.17, 15) is 26.0 Å². The normalized spacial score (nSPS) is 16.9. The van der Waals surface area contributed by atoms with Crippen LogP contribution in [0.25, 0.3) is 0 Å². The monoisotopic (exact) mass is 182 g/mol. The first-order valence-corrected chi connectivity index (χ1v) is 3.33. The zero-order valence-electron chi connectivity index (χ0n) is 4.26. The Hall–Kier alpha value is -0.370. The van der Waals surface area contributed by atoms with E-state index in [1.54, 1.807) is 0 Å². The summed E-state index contributed by atoms with van der Waals surface area (Å²) in [6, 6.07) is 0. The van der Waals surface area contributed by atoms with Crippen molar-refractivity contribution < 1.29 is 30.5 Å². The molecule has 0 aliphatic rings. The summed E-state index contributed by atoms with van der Waals surface area (Å²) in [5, 5.41) is 0. The van der Waals surface area contributed by atoms with E-state index < -0.39 is 21.8 Å². The van der Waals surface area contributed by atoms with Crippen LogP contribution >= 0.6 is 0 Å². The van der Waals surface area contributed by atoms with Crippen molar-refractivity contribution >= 4 is 10.1 Å². The van der Waals surface area contributed by atoms with Crippen LogP contribution < -0.4 is 0 Å². The molecule has 0 saturated carbocycles. The molecule has 0 aromatic rings. The Bertz CT molecular complexity index is 203. The summed E-state index contributed by atoms with van der Waals surface area (Å²) in [5.41, 5.74) is -4.21. The average Bonchev–Trinajstić information content (AvgIpc) is 1.59. The molecule has 0 aromatic heterocycles. The van der Waals surface area contributed by atoms with Crippen molar-refractivity contribution in [2.75, 3.05) is 0 Å². The second-order valence-corrected chi connectivity index (χ2v) is 2.82. The van der Waals surface area contributed by atoms with Gasteiger partial charge in [-0.25, -0.2) is 4.39 Å². The van der Waals surface area contributed by atoms with E-state index in [-0.39, 0.29) is 0 Å². The zero-order chi connectivity index (χ0) is 8.58. The highest BCUT2D eigenvalue weighted by molar-refractivity contribution is 7.86. The van der Waals surface area contributed by atoms with Gasteiger partial charge in [0.1, 0.15) is 0 Å². The molecule has 0 amide bonds. The molecule has 0 fully saturated rings. The third-order valence-electron chi connectivity index (χ3n) is 0.519. The molecule has 0 aliphatic heterocycles. The predicted octanol–water partition coefficient (Wildman–Crippen LogP) is 0.732. The van der Waals surface area contributed by atoms with Gasteiger partial charge >= 0.3 is 21.8 Å². The van der Waals surface area contributed by atoms with Crippen LogP contribution in [0.3, 0.4) is 0 Å². The molecule has 1 unspecified atom stereocenters. The molecule has 0 radical (unpaired) electrons. The number of hydrogen-bond acceptors (Lipinski definition) is 2. The first-order chi connectivity index (χ1) is 4.15. The summed E-state index contributed by atoms with van der Waals surface area (Å²) in [4.78, 5) is 0. The van der Waals surface area contributed by atoms with Crippen LogP contribution in [0.2, 0.25) is 0 Å². The Morgan fingerprint density at radius 2 is 1.60 bits per heavy atom. The van der Waals surface area contributed by atoms with Gasteiger partial charge in [-0.2, -0.15) is 21.6 Å². The lowest BCUT2D eigenvalue weighted by Gasteiger charge is -2.07. The second kappa shape index (κ2) is 2.35. The van der Waals surface area contributed by atoms with Crippen LogP contribution in [0.4, 0.5) is 17.6 Å². The molecule has 0 aliphatic carbocycles. The first kappa shape index (κ1) is 9.63. The largest absolute Gasteiger partial charge is 0.436 e. The lowest BCUT2D eigenvalue weighted by atomic mass is 10.7. The third-order valence-corrected chi connectivity index (χ3v) is 1.31. The fourth-order valence-corrected chi connectivity index (χ4v) is 0.507. The minimum absolute atomic E-state index is 4.21. The predicted molar refractivity (Wildman–Crippen MR) is 22.5 cm³/mol. The topological polar surface area (TPSA) is 54.4 Å². The van der Waals surface area contributed by atoms with E-state index in [0.717, 1.165) is 0 Å². The van der Waals surface area contributed by atoms with Gasteiger partial charge in [-0.1, -0.05) is 0 Å². The van der Waals surface area contributed by atoms with E-state index in [1.165, 1.54) is 0 Å². The van der Waals surface area contributed by atoms with Crippen LogP contribution in [-0.2, 0) is 10.1 Å². The first-order valence-electron chi connectivity index (χ1n) is 1.83. The van der Waals surface area contributed by atoms with Gasteiger partial charge < -0.3 is 0 Å². The van der Waals surface area contributed by atoms with Crippen molar-refractivity contribution in [3.05, 3.63) is 0 Å². The summed E-state index contributed by atoms with van der Waals surface area (Å²) < 4.78 is 70.9. The molecule has 0 aromatic carbocycles. The summed E-state index contributed by atoms with van der Waals surface area (Å²) in [6.07, 6.45) is -5.56. The molecular weight excluding hydrogens is 180 g/mol. The summed E-state index contributed by atoms with van der Waals surface area (Å²) in [7, 11) is -5.65. The molecule has 8 heteroatoms. The summed E-state index contributed by atoms with van der Waals surface area (Å²) in [5.74, 6) is 0. The van der Waals surface area contributed by atoms with Crippen LogP contribution in [0.5, 0.6) is 0 Å². The standard InChI is InChI=1S/C2H2F4O3S/c3-1(2(4,5)6)10(7,8)9/h1H,(H,7,8,9). The van der Waals surface area contributed by atoms with Gasteiger partial charge in [0.25, 0.3) is 0 Å². The van der Waals surface area contributed by atoms with Crippen molar-refractivity contribution in [3.63, 3.8) is 0 Å². The Balaban J connectivity index is 4.56. The highest BCUT2D eigenvalue weighted by Gasteiger charge is 2.49. The fraction of sp³-hybridized carbons (Fsp3) is 1.00. The summed E-state index contributed by atoms with van der Waals surface area (Å²) >= 11 is 0. The van der Waals surface area contributed by atoms with Gasteiger partial charge in [-0.3, -0.25) is 4.55 Å². The highest BCUT2D eigenvalue weighted by Crippen LogP contribution is 2.25. The highest BCUT2D eigenvalue weighted by atomic mass is 32.2. The van der Waals surface area contributed by atoms with E-state index in [1.807, 2.05) is 0 Å². The average molecular weight is 182 g/mol. The molecule has 3 nitrogen and oxygen atoms in total. The number of hydrogen-bond donors (Lipinski definition) is 1. The molecular formula is C2H2F4O3S. The second-order valence-electron chi connectivity index (χ2n) is 1.37. The Morgan fingerprint density at radius 1 is 1.30 bits per heavy atom. The molecule has 10 heavy (non-hydrogen) atoms. The maximum absolute atomic E-state index is 11.5. The minimum Gasteiger partial charge on any atom is -0.283 e. The molecule has 0 bridgehead atoms. The van der Waals surface area contributed by atoms with Crippen molar-refractivity contribution in [2.24, 2.45) is 0 Å². The molecule has 62 valence electrons. The van der Waals surface area contributed by atoms with Gasteiger partial charge in [0.2, 0.25) is 0 Å². The molecule has 1 N–H and O–H groups in total.